The van der Waals surface area contributed by atoms with Crippen LogP contribution in [0, 0.1) is 5.41 Å². The van der Waals surface area contributed by atoms with Crippen molar-refractivity contribution in [3.05, 3.63) is 24.5 Å². The zero-order chi connectivity index (χ0) is 16.1. The van der Waals surface area contributed by atoms with E-state index in [0.717, 1.165) is 49.5 Å². The van der Waals surface area contributed by atoms with Crippen molar-refractivity contribution in [1.29, 1.82) is 5.41 Å². The lowest BCUT2D eigenvalue weighted by Crippen LogP contribution is -2.38. The van der Waals surface area contributed by atoms with Gasteiger partial charge in [-0.15, -0.1) is 0 Å². The molecular weight excluding hydrogens is 296 g/mol. The Bertz CT molecular complexity index is 687. The number of hydrogen-bond donors (Lipinski definition) is 3. The number of nitrogens with two attached hydrogens (primary N) is 1. The summed E-state index contributed by atoms with van der Waals surface area (Å²) in [5, 5.41) is 10.8. The van der Waals surface area contributed by atoms with E-state index in [1.165, 1.54) is 6.33 Å². The zero-order valence-corrected chi connectivity index (χ0v) is 12.8. The van der Waals surface area contributed by atoms with Crippen LogP contribution in [-0.2, 0) is 4.74 Å². The molecule has 1 aromatic heterocycles. The van der Waals surface area contributed by atoms with E-state index in [2.05, 4.69) is 20.2 Å². The van der Waals surface area contributed by atoms with Crippen molar-refractivity contribution >= 4 is 22.7 Å². The molecule has 4 N–H and O–H groups in total. The molecule has 0 atom stereocenters. The molecule has 1 aliphatic rings. The molecule has 8 nitrogen and oxygen atoms in total. The van der Waals surface area contributed by atoms with Gasteiger partial charge in [-0.1, -0.05) is 0 Å². The van der Waals surface area contributed by atoms with Gasteiger partial charge >= 0.3 is 0 Å². The molecule has 2 heterocycles. The molecule has 122 valence electrons. The van der Waals surface area contributed by atoms with Crippen LogP contribution in [0.4, 0.5) is 5.82 Å². The lowest BCUT2D eigenvalue weighted by atomic mass is 10.2. The number of morpholine rings is 1. The molecule has 2 aromatic rings. The highest BCUT2D eigenvalue weighted by molar-refractivity contribution is 5.98. The van der Waals surface area contributed by atoms with E-state index in [0.29, 0.717) is 12.4 Å². The number of hydrogen-bond acceptors (Lipinski definition) is 6. The number of guanidine groups is 1. The van der Waals surface area contributed by atoms with E-state index in [1.54, 1.807) is 0 Å². The van der Waals surface area contributed by atoms with Gasteiger partial charge in [0.25, 0.3) is 0 Å². The maximum Gasteiger partial charge on any atom is 0.191 e. The summed E-state index contributed by atoms with van der Waals surface area (Å²) in [7, 11) is 0. The fourth-order valence-electron chi connectivity index (χ4n) is 2.47. The van der Waals surface area contributed by atoms with E-state index < -0.39 is 0 Å². The molecule has 0 spiro atoms. The smallest absolute Gasteiger partial charge is 0.191 e. The van der Waals surface area contributed by atoms with Crippen LogP contribution in [0.25, 0.3) is 10.9 Å². The first-order valence-electron chi connectivity index (χ1n) is 7.51. The molecule has 8 heteroatoms. The third kappa shape index (κ3) is 4.05. The lowest BCUT2D eigenvalue weighted by Gasteiger charge is -2.26. The van der Waals surface area contributed by atoms with Gasteiger partial charge in [-0.25, -0.2) is 9.97 Å². The van der Waals surface area contributed by atoms with Gasteiger partial charge in [0.15, 0.2) is 5.96 Å². The molecule has 0 aliphatic carbocycles. The summed E-state index contributed by atoms with van der Waals surface area (Å²) in [4.78, 5) is 10.7. The minimum atomic E-state index is -0.157. The second kappa shape index (κ2) is 7.21. The summed E-state index contributed by atoms with van der Waals surface area (Å²) in [5.74, 6) is 1.12. The van der Waals surface area contributed by atoms with Gasteiger partial charge in [0.05, 0.1) is 18.7 Å². The van der Waals surface area contributed by atoms with E-state index >= 15 is 0 Å². The maximum atomic E-state index is 7.31. The van der Waals surface area contributed by atoms with Crippen LogP contribution in [-0.4, -0.2) is 60.3 Å². The van der Waals surface area contributed by atoms with Crippen molar-refractivity contribution in [2.45, 2.75) is 0 Å². The Hall–Kier alpha value is -2.45. The molecule has 0 bridgehead atoms. The number of fused-ring (bicyclic) bond motifs is 1. The first kappa shape index (κ1) is 15.4. The quantitative estimate of drug-likeness (QED) is 0.548. The summed E-state index contributed by atoms with van der Waals surface area (Å²) < 4.78 is 11.1. The maximum absolute atomic E-state index is 7.31. The van der Waals surface area contributed by atoms with Crippen LogP contribution in [0.5, 0.6) is 5.75 Å². The van der Waals surface area contributed by atoms with E-state index in [-0.39, 0.29) is 5.96 Å². The van der Waals surface area contributed by atoms with Crippen molar-refractivity contribution in [1.82, 2.24) is 14.9 Å². The highest BCUT2D eigenvalue weighted by Crippen LogP contribution is 2.23. The van der Waals surface area contributed by atoms with Gasteiger partial charge in [0.1, 0.15) is 24.5 Å². The topological polar surface area (TPSA) is 109 Å². The molecule has 0 amide bonds. The summed E-state index contributed by atoms with van der Waals surface area (Å²) >= 11 is 0. The molecule has 1 aliphatic heterocycles. The minimum Gasteiger partial charge on any atom is -0.492 e. The van der Waals surface area contributed by atoms with Crippen molar-refractivity contribution in [2.75, 3.05) is 44.8 Å². The summed E-state index contributed by atoms with van der Waals surface area (Å²) in [6, 6.07) is 5.60. The van der Waals surface area contributed by atoms with E-state index in [1.807, 2.05) is 18.2 Å². The van der Waals surface area contributed by atoms with Crippen molar-refractivity contribution < 1.29 is 9.47 Å². The first-order valence-corrected chi connectivity index (χ1v) is 7.51. The number of aromatic nitrogens is 2. The fraction of sp³-hybridized carbons (Fsp3) is 0.400. The Morgan fingerprint density at radius 3 is 2.96 bits per heavy atom. The molecule has 23 heavy (non-hydrogen) atoms. The van der Waals surface area contributed by atoms with Gasteiger partial charge in [-0.3, -0.25) is 10.3 Å². The van der Waals surface area contributed by atoms with Crippen LogP contribution in [0.1, 0.15) is 0 Å². The lowest BCUT2D eigenvalue weighted by molar-refractivity contribution is 0.0322. The molecule has 1 fully saturated rings. The van der Waals surface area contributed by atoms with Gasteiger partial charge in [0, 0.05) is 31.1 Å². The largest absolute Gasteiger partial charge is 0.492 e. The SMILES string of the molecule is N=C(N)Nc1ncnc2cc(OCCN3CCOCC3)ccc12. The zero-order valence-electron chi connectivity index (χ0n) is 12.8. The Morgan fingerprint density at radius 2 is 2.17 bits per heavy atom. The van der Waals surface area contributed by atoms with Crippen LogP contribution in [0.2, 0.25) is 0 Å². The number of rotatable bonds is 5. The van der Waals surface area contributed by atoms with Gasteiger partial charge in [-0.05, 0) is 12.1 Å². The number of ether oxygens (including phenoxy) is 2. The molecular formula is C15H20N6O2. The summed E-state index contributed by atoms with van der Waals surface area (Å²) in [6.07, 6.45) is 1.44. The highest BCUT2D eigenvalue weighted by atomic mass is 16.5. The molecule has 1 saturated heterocycles. The van der Waals surface area contributed by atoms with Crippen molar-refractivity contribution in [3.63, 3.8) is 0 Å². The predicted octanol–water partition coefficient (Wildman–Crippen LogP) is 0.646. The monoisotopic (exact) mass is 316 g/mol. The standard InChI is InChI=1S/C15H20N6O2/c16-15(17)20-14-12-2-1-11(9-13(12)18-10-19-14)23-8-5-21-3-6-22-7-4-21/h1-2,9-10H,3-8H2,(H4,16,17,18,19,20). The number of nitrogens with one attached hydrogen (secondary N) is 2. The van der Waals surface area contributed by atoms with E-state index in [9.17, 15) is 0 Å². The predicted molar refractivity (Wildman–Crippen MR) is 87.8 cm³/mol. The number of benzene rings is 1. The van der Waals surface area contributed by atoms with Crippen LogP contribution >= 0.6 is 0 Å². The fourth-order valence-corrected chi connectivity index (χ4v) is 2.47. The number of anilines is 1. The first-order chi connectivity index (χ1) is 11.2. The van der Waals surface area contributed by atoms with Crippen molar-refractivity contribution in [3.8, 4) is 5.75 Å². The molecule has 1 aromatic carbocycles. The Balaban J connectivity index is 1.64. The summed E-state index contributed by atoms with van der Waals surface area (Å²) in [6.45, 7) is 4.98. The Morgan fingerprint density at radius 1 is 1.35 bits per heavy atom. The van der Waals surface area contributed by atoms with Gasteiger partial charge in [0.2, 0.25) is 0 Å². The van der Waals surface area contributed by atoms with Gasteiger partial charge in [-0.2, -0.15) is 0 Å². The molecule has 0 unspecified atom stereocenters. The Labute approximate surface area is 134 Å². The van der Waals surface area contributed by atoms with Crippen LogP contribution in [0.3, 0.4) is 0 Å². The molecule has 0 radical (unpaired) electrons. The summed E-state index contributed by atoms with van der Waals surface area (Å²) in [5.41, 5.74) is 6.10. The third-order valence-corrected chi connectivity index (χ3v) is 3.64. The Kier molecular flexibility index (Phi) is 4.84. The molecule has 0 saturated carbocycles. The second-order valence-corrected chi connectivity index (χ2v) is 5.24. The molecule has 3 rings (SSSR count). The van der Waals surface area contributed by atoms with Crippen molar-refractivity contribution in [2.24, 2.45) is 5.73 Å². The van der Waals surface area contributed by atoms with Crippen LogP contribution < -0.4 is 15.8 Å². The average Bonchev–Trinajstić information content (AvgIpc) is 2.55. The number of nitrogens with zero attached hydrogens (tertiary/aromatic N) is 3. The third-order valence-electron chi connectivity index (χ3n) is 3.64. The normalized spacial score (nSPS) is 15.5. The van der Waals surface area contributed by atoms with E-state index in [4.69, 9.17) is 20.6 Å². The minimum absolute atomic E-state index is 0.157. The highest BCUT2D eigenvalue weighted by Gasteiger charge is 2.10. The average molecular weight is 316 g/mol. The van der Waals surface area contributed by atoms with Gasteiger partial charge < -0.3 is 20.5 Å². The van der Waals surface area contributed by atoms with Crippen LogP contribution in [0.15, 0.2) is 24.5 Å². The second-order valence-electron chi connectivity index (χ2n) is 5.24.